The van der Waals surface area contributed by atoms with Gasteiger partial charge in [-0.05, 0) is 6.26 Å². The van der Waals surface area contributed by atoms with E-state index in [1.165, 1.54) is 23.6 Å². The van der Waals surface area contributed by atoms with Crippen molar-refractivity contribution in [3.8, 4) is 0 Å². The number of carbonyl (C=O) groups is 2. The molecule has 0 bridgehead atoms. The standard InChI is InChI=1S/C6H10N2O2S/c1-4(9)8-5(10)3-7-6(8)11-2/h6-7H,3H2,1-2H3. The van der Waals surface area contributed by atoms with Gasteiger partial charge in [0.1, 0.15) is 5.50 Å². The van der Waals surface area contributed by atoms with Crippen molar-refractivity contribution in [1.29, 1.82) is 0 Å². The summed E-state index contributed by atoms with van der Waals surface area (Å²) in [4.78, 5) is 23.1. The first-order valence-electron chi connectivity index (χ1n) is 3.25. The summed E-state index contributed by atoms with van der Waals surface area (Å²) in [5.41, 5.74) is -0.167. The fourth-order valence-corrected chi connectivity index (χ4v) is 1.74. The van der Waals surface area contributed by atoms with Gasteiger partial charge in [-0.1, -0.05) is 0 Å². The van der Waals surface area contributed by atoms with Crippen LogP contribution in [0.25, 0.3) is 0 Å². The van der Waals surface area contributed by atoms with E-state index in [4.69, 9.17) is 0 Å². The number of amides is 2. The van der Waals surface area contributed by atoms with Gasteiger partial charge in [-0.15, -0.1) is 11.8 Å². The summed E-state index contributed by atoms with van der Waals surface area (Å²) in [6.07, 6.45) is 1.85. The van der Waals surface area contributed by atoms with Crippen molar-refractivity contribution in [3.63, 3.8) is 0 Å². The van der Waals surface area contributed by atoms with Gasteiger partial charge >= 0.3 is 0 Å². The molecule has 1 saturated heterocycles. The minimum Gasteiger partial charge on any atom is -0.279 e. The van der Waals surface area contributed by atoms with Crippen LogP contribution in [0.2, 0.25) is 0 Å². The first-order valence-corrected chi connectivity index (χ1v) is 4.54. The van der Waals surface area contributed by atoms with Gasteiger partial charge in [0.25, 0.3) is 0 Å². The molecule has 0 saturated carbocycles. The molecule has 1 unspecified atom stereocenters. The maximum Gasteiger partial charge on any atom is 0.245 e. The fraction of sp³-hybridized carbons (Fsp3) is 0.667. The molecule has 0 radical (unpaired) electrons. The third-order valence-corrected chi connectivity index (χ3v) is 2.32. The second-order valence-corrected chi connectivity index (χ2v) is 3.17. The van der Waals surface area contributed by atoms with E-state index in [0.717, 1.165) is 0 Å². The Morgan fingerprint density at radius 3 is 2.82 bits per heavy atom. The smallest absolute Gasteiger partial charge is 0.245 e. The lowest BCUT2D eigenvalue weighted by Crippen LogP contribution is -2.38. The Hall–Kier alpha value is -0.550. The van der Waals surface area contributed by atoms with Crippen LogP contribution in [0.15, 0.2) is 0 Å². The summed E-state index contributed by atoms with van der Waals surface area (Å²) >= 11 is 1.45. The Balaban J connectivity index is 2.71. The van der Waals surface area contributed by atoms with E-state index in [-0.39, 0.29) is 23.9 Å². The molecular weight excluding hydrogens is 164 g/mol. The number of nitrogens with one attached hydrogen (secondary N) is 1. The lowest BCUT2D eigenvalue weighted by Gasteiger charge is -2.18. The molecule has 1 N–H and O–H groups in total. The molecule has 0 aromatic rings. The summed E-state index contributed by atoms with van der Waals surface area (Å²) < 4.78 is 0. The van der Waals surface area contributed by atoms with Crippen LogP contribution < -0.4 is 5.32 Å². The SMILES string of the molecule is CSC1NCC(=O)N1C(C)=O. The van der Waals surface area contributed by atoms with Crippen molar-refractivity contribution in [2.75, 3.05) is 12.8 Å². The predicted molar refractivity (Wildman–Crippen MR) is 42.8 cm³/mol. The molecule has 5 heteroatoms. The van der Waals surface area contributed by atoms with Crippen LogP contribution in [0.4, 0.5) is 0 Å². The number of imide groups is 1. The van der Waals surface area contributed by atoms with Gasteiger partial charge in [0.05, 0.1) is 6.54 Å². The van der Waals surface area contributed by atoms with Crippen LogP contribution in [-0.4, -0.2) is 35.0 Å². The van der Waals surface area contributed by atoms with E-state index in [1.807, 2.05) is 6.26 Å². The summed E-state index contributed by atoms with van der Waals surface area (Å²) in [5.74, 6) is -0.337. The topological polar surface area (TPSA) is 49.4 Å². The highest BCUT2D eigenvalue weighted by Gasteiger charge is 2.32. The van der Waals surface area contributed by atoms with E-state index >= 15 is 0 Å². The predicted octanol–water partition coefficient (Wildman–Crippen LogP) is -0.389. The lowest BCUT2D eigenvalue weighted by atomic mass is 10.5. The molecule has 1 rings (SSSR count). The van der Waals surface area contributed by atoms with Gasteiger partial charge in [0.15, 0.2) is 0 Å². The van der Waals surface area contributed by atoms with Gasteiger partial charge < -0.3 is 0 Å². The van der Waals surface area contributed by atoms with Crippen LogP contribution in [0.5, 0.6) is 0 Å². The molecule has 4 nitrogen and oxygen atoms in total. The zero-order chi connectivity index (χ0) is 8.43. The summed E-state index contributed by atoms with van der Waals surface area (Å²) in [7, 11) is 0. The van der Waals surface area contributed by atoms with Gasteiger partial charge in [-0.2, -0.15) is 0 Å². The molecule has 1 aliphatic rings. The molecule has 62 valence electrons. The first-order chi connectivity index (χ1) is 5.16. The van der Waals surface area contributed by atoms with E-state index in [2.05, 4.69) is 5.32 Å². The van der Waals surface area contributed by atoms with E-state index in [1.54, 1.807) is 0 Å². The third kappa shape index (κ3) is 1.54. The molecule has 1 fully saturated rings. The van der Waals surface area contributed by atoms with Crippen LogP contribution in [0, 0.1) is 0 Å². The number of rotatable bonds is 1. The highest BCUT2D eigenvalue weighted by Crippen LogP contribution is 2.14. The molecule has 2 amide bonds. The summed E-state index contributed by atoms with van der Waals surface area (Å²) in [5, 5.41) is 2.91. The summed E-state index contributed by atoms with van der Waals surface area (Å²) in [6.45, 7) is 1.67. The van der Waals surface area contributed by atoms with E-state index in [0.29, 0.717) is 0 Å². The minimum absolute atomic E-state index is 0.142. The monoisotopic (exact) mass is 174 g/mol. The van der Waals surface area contributed by atoms with Crippen molar-refractivity contribution in [3.05, 3.63) is 0 Å². The van der Waals surface area contributed by atoms with Gasteiger partial charge in [-0.25, -0.2) is 0 Å². The third-order valence-electron chi connectivity index (χ3n) is 1.49. The number of thioether (sulfide) groups is 1. The maximum atomic E-state index is 11.0. The largest absolute Gasteiger partial charge is 0.279 e. The number of hydrogen-bond donors (Lipinski definition) is 1. The average Bonchev–Trinajstić information content (AvgIpc) is 2.30. The summed E-state index contributed by atoms with van der Waals surface area (Å²) in [6, 6.07) is 0. The number of hydrogen-bond acceptors (Lipinski definition) is 4. The Morgan fingerprint density at radius 1 is 1.82 bits per heavy atom. The Kier molecular flexibility index (Phi) is 2.51. The molecule has 0 spiro atoms. The van der Waals surface area contributed by atoms with Gasteiger partial charge in [0, 0.05) is 6.92 Å². The van der Waals surface area contributed by atoms with Crippen LogP contribution >= 0.6 is 11.8 Å². The van der Waals surface area contributed by atoms with E-state index in [9.17, 15) is 9.59 Å². The van der Waals surface area contributed by atoms with Crippen molar-refractivity contribution < 1.29 is 9.59 Å². The van der Waals surface area contributed by atoms with Crippen LogP contribution in [0.3, 0.4) is 0 Å². The molecule has 11 heavy (non-hydrogen) atoms. The van der Waals surface area contributed by atoms with Crippen molar-refractivity contribution in [2.45, 2.75) is 12.4 Å². The molecule has 1 aliphatic heterocycles. The quantitative estimate of drug-likeness (QED) is 0.588. The van der Waals surface area contributed by atoms with Crippen molar-refractivity contribution >= 4 is 23.6 Å². The molecular formula is C6H10N2O2S. The zero-order valence-corrected chi connectivity index (χ0v) is 7.27. The van der Waals surface area contributed by atoms with Crippen molar-refractivity contribution in [1.82, 2.24) is 10.2 Å². The highest BCUT2D eigenvalue weighted by atomic mass is 32.2. The van der Waals surface area contributed by atoms with Gasteiger partial charge in [-0.3, -0.25) is 19.8 Å². The normalized spacial score (nSPS) is 24.4. The van der Waals surface area contributed by atoms with Crippen molar-refractivity contribution in [2.24, 2.45) is 0 Å². The molecule has 1 heterocycles. The molecule has 0 aromatic carbocycles. The Labute approximate surface area is 69.3 Å². The molecule has 1 atom stereocenters. The average molecular weight is 174 g/mol. The first kappa shape index (κ1) is 8.55. The molecule has 0 aliphatic carbocycles. The van der Waals surface area contributed by atoms with Gasteiger partial charge in [0.2, 0.25) is 11.8 Å². The highest BCUT2D eigenvalue weighted by molar-refractivity contribution is 7.99. The lowest BCUT2D eigenvalue weighted by molar-refractivity contribution is -0.140. The Morgan fingerprint density at radius 2 is 2.45 bits per heavy atom. The zero-order valence-electron chi connectivity index (χ0n) is 6.46. The van der Waals surface area contributed by atoms with Crippen LogP contribution in [-0.2, 0) is 9.59 Å². The fourth-order valence-electron chi connectivity index (χ4n) is 1.01. The Bertz CT molecular complexity index is 195. The number of nitrogens with zero attached hydrogens (tertiary/aromatic N) is 1. The van der Waals surface area contributed by atoms with E-state index < -0.39 is 0 Å². The number of carbonyl (C=O) groups excluding carboxylic acids is 2. The van der Waals surface area contributed by atoms with Crippen LogP contribution in [0.1, 0.15) is 6.92 Å². The molecule has 0 aromatic heterocycles. The second-order valence-electron chi connectivity index (χ2n) is 2.25. The minimum atomic E-state index is -0.195. The maximum absolute atomic E-state index is 11.0. The second kappa shape index (κ2) is 3.23.